The maximum absolute atomic E-state index is 13.2. The molecule has 3 rings (SSSR count). The number of aromatic nitrogens is 1. The minimum Gasteiger partial charge on any atom is -0.341 e. The first-order chi connectivity index (χ1) is 10.9. The number of nitrogens with one attached hydrogen (secondary N) is 1. The second-order valence-corrected chi connectivity index (χ2v) is 6.21. The van der Waals surface area contributed by atoms with Crippen molar-refractivity contribution in [3.8, 4) is 0 Å². The molecule has 2 saturated heterocycles. The Morgan fingerprint density at radius 3 is 2.27 bits per heavy atom. The largest absolute Gasteiger partial charge is 0.341 e. The summed E-state index contributed by atoms with van der Waals surface area (Å²) in [5.74, 6) is 0.273. The van der Waals surface area contributed by atoms with Crippen LogP contribution in [0.25, 0.3) is 0 Å². The van der Waals surface area contributed by atoms with Crippen LogP contribution < -0.4 is 5.32 Å². The fourth-order valence-corrected chi connectivity index (χ4v) is 3.46. The number of hydrogen-bond acceptors (Lipinski definition) is 4. The van der Waals surface area contributed by atoms with Gasteiger partial charge in [-0.25, -0.2) is 0 Å². The summed E-state index contributed by atoms with van der Waals surface area (Å²) in [5.41, 5.74) is 1.08. The van der Waals surface area contributed by atoms with Crippen LogP contribution in [0.5, 0.6) is 0 Å². The molecule has 0 bridgehead atoms. The Kier molecular flexibility index (Phi) is 5.40. The van der Waals surface area contributed by atoms with Gasteiger partial charge < -0.3 is 10.2 Å². The zero-order valence-electron chi connectivity index (χ0n) is 13.2. The summed E-state index contributed by atoms with van der Waals surface area (Å²) in [6.07, 6.45) is 8.35. The van der Waals surface area contributed by atoms with Gasteiger partial charge in [-0.05, 0) is 30.5 Å². The molecule has 0 aliphatic carbocycles. The number of pyridine rings is 1. The number of nitrogens with zero attached hydrogens (tertiary/aromatic N) is 3. The van der Waals surface area contributed by atoms with Crippen molar-refractivity contribution in [2.75, 3.05) is 39.3 Å². The van der Waals surface area contributed by atoms with E-state index in [0.717, 1.165) is 57.7 Å². The van der Waals surface area contributed by atoms with Crippen LogP contribution in [0.2, 0.25) is 0 Å². The number of amides is 1. The molecule has 120 valence electrons. The fraction of sp³-hybridized carbons (Fsp3) is 0.647. The maximum atomic E-state index is 13.2. The zero-order valence-corrected chi connectivity index (χ0v) is 13.2. The van der Waals surface area contributed by atoms with Crippen molar-refractivity contribution in [2.45, 2.75) is 31.7 Å². The molecular weight excluding hydrogens is 276 g/mol. The SMILES string of the molecule is O=C(C(c1ccncc1)N1CCNCC1)N1CCCCCC1. The molecule has 1 N–H and O–H groups in total. The highest BCUT2D eigenvalue weighted by Crippen LogP contribution is 2.24. The van der Waals surface area contributed by atoms with E-state index in [1.165, 1.54) is 12.8 Å². The van der Waals surface area contributed by atoms with E-state index in [0.29, 0.717) is 0 Å². The third-order valence-corrected chi connectivity index (χ3v) is 4.69. The summed E-state index contributed by atoms with van der Waals surface area (Å²) < 4.78 is 0. The molecule has 0 spiro atoms. The number of carbonyl (C=O) groups is 1. The van der Waals surface area contributed by atoms with Crippen LogP contribution in [0.15, 0.2) is 24.5 Å². The predicted octanol–water partition coefficient (Wildman–Crippen LogP) is 1.43. The first-order valence-electron chi connectivity index (χ1n) is 8.50. The highest BCUT2D eigenvalue weighted by atomic mass is 16.2. The summed E-state index contributed by atoms with van der Waals surface area (Å²) in [4.78, 5) is 21.7. The molecule has 5 heteroatoms. The smallest absolute Gasteiger partial charge is 0.244 e. The normalized spacial score (nSPS) is 22.1. The zero-order chi connectivity index (χ0) is 15.2. The van der Waals surface area contributed by atoms with Crippen LogP contribution >= 0.6 is 0 Å². The van der Waals surface area contributed by atoms with E-state index < -0.39 is 0 Å². The van der Waals surface area contributed by atoms with Crippen molar-refractivity contribution in [3.05, 3.63) is 30.1 Å². The van der Waals surface area contributed by atoms with E-state index in [1.807, 2.05) is 12.1 Å². The van der Waals surface area contributed by atoms with E-state index in [2.05, 4.69) is 20.1 Å². The van der Waals surface area contributed by atoms with E-state index in [9.17, 15) is 4.79 Å². The van der Waals surface area contributed by atoms with E-state index in [1.54, 1.807) is 12.4 Å². The average molecular weight is 302 g/mol. The Morgan fingerprint density at radius 2 is 1.64 bits per heavy atom. The van der Waals surface area contributed by atoms with Crippen LogP contribution in [0, 0.1) is 0 Å². The summed E-state index contributed by atoms with van der Waals surface area (Å²) in [6.45, 7) is 5.57. The van der Waals surface area contributed by atoms with Gasteiger partial charge in [0.15, 0.2) is 0 Å². The van der Waals surface area contributed by atoms with Crippen LogP contribution in [-0.4, -0.2) is 60.0 Å². The highest BCUT2D eigenvalue weighted by Gasteiger charge is 2.32. The third-order valence-electron chi connectivity index (χ3n) is 4.69. The minimum absolute atomic E-state index is 0.150. The molecule has 3 heterocycles. The second-order valence-electron chi connectivity index (χ2n) is 6.21. The fourth-order valence-electron chi connectivity index (χ4n) is 3.46. The average Bonchev–Trinajstić information content (AvgIpc) is 2.86. The quantitative estimate of drug-likeness (QED) is 0.918. The van der Waals surface area contributed by atoms with Crippen molar-refractivity contribution in [3.63, 3.8) is 0 Å². The molecule has 0 saturated carbocycles. The number of hydrogen-bond donors (Lipinski definition) is 1. The molecular formula is C17H26N4O. The van der Waals surface area contributed by atoms with Crippen molar-refractivity contribution in [2.24, 2.45) is 0 Å². The molecule has 0 aromatic carbocycles. The van der Waals surface area contributed by atoms with Gasteiger partial charge in [-0.15, -0.1) is 0 Å². The molecule has 0 radical (unpaired) electrons. The number of rotatable bonds is 3. The van der Waals surface area contributed by atoms with Crippen LogP contribution in [0.1, 0.15) is 37.3 Å². The topological polar surface area (TPSA) is 48.5 Å². The number of piperazine rings is 1. The second kappa shape index (κ2) is 7.70. The molecule has 1 atom stereocenters. The number of likely N-dealkylation sites (tertiary alicyclic amines) is 1. The first-order valence-corrected chi connectivity index (χ1v) is 8.50. The number of carbonyl (C=O) groups excluding carboxylic acids is 1. The maximum Gasteiger partial charge on any atom is 0.244 e. The molecule has 1 aromatic rings. The lowest BCUT2D eigenvalue weighted by Crippen LogP contribution is -2.50. The van der Waals surface area contributed by atoms with Crippen LogP contribution in [0.4, 0.5) is 0 Å². The highest BCUT2D eigenvalue weighted by molar-refractivity contribution is 5.83. The monoisotopic (exact) mass is 302 g/mol. The van der Waals surface area contributed by atoms with Gasteiger partial charge in [-0.2, -0.15) is 0 Å². The molecule has 5 nitrogen and oxygen atoms in total. The summed E-state index contributed by atoms with van der Waals surface area (Å²) in [6, 6.07) is 3.83. The molecule has 22 heavy (non-hydrogen) atoms. The molecule has 2 fully saturated rings. The predicted molar refractivity (Wildman–Crippen MR) is 86.5 cm³/mol. The lowest BCUT2D eigenvalue weighted by molar-refractivity contribution is -0.137. The molecule has 2 aliphatic rings. The summed E-state index contributed by atoms with van der Waals surface area (Å²) in [5, 5.41) is 3.37. The standard InChI is InChI=1S/C17H26N4O/c22-17(21-11-3-1-2-4-12-21)16(15-5-7-18-8-6-15)20-13-9-19-10-14-20/h5-8,16,19H,1-4,9-14H2. The molecule has 1 aromatic heterocycles. The van der Waals surface area contributed by atoms with Gasteiger partial charge in [0.1, 0.15) is 6.04 Å². The Labute approximate surface area is 132 Å². The first kappa shape index (κ1) is 15.4. The van der Waals surface area contributed by atoms with Gasteiger partial charge >= 0.3 is 0 Å². The van der Waals surface area contributed by atoms with Gasteiger partial charge in [0.2, 0.25) is 5.91 Å². The van der Waals surface area contributed by atoms with Gasteiger partial charge in [0, 0.05) is 51.7 Å². The van der Waals surface area contributed by atoms with Gasteiger partial charge in [0.05, 0.1) is 0 Å². The van der Waals surface area contributed by atoms with Crippen molar-refractivity contribution in [1.29, 1.82) is 0 Å². The van der Waals surface area contributed by atoms with Gasteiger partial charge in [0.25, 0.3) is 0 Å². The van der Waals surface area contributed by atoms with E-state index in [-0.39, 0.29) is 11.9 Å². The van der Waals surface area contributed by atoms with Gasteiger partial charge in [-0.1, -0.05) is 12.8 Å². The van der Waals surface area contributed by atoms with Gasteiger partial charge in [-0.3, -0.25) is 14.7 Å². The summed E-state index contributed by atoms with van der Waals surface area (Å²) in [7, 11) is 0. The Hall–Kier alpha value is -1.46. The Morgan fingerprint density at radius 1 is 1.00 bits per heavy atom. The van der Waals surface area contributed by atoms with E-state index in [4.69, 9.17) is 0 Å². The molecule has 1 unspecified atom stereocenters. The lowest BCUT2D eigenvalue weighted by Gasteiger charge is -2.37. The lowest BCUT2D eigenvalue weighted by atomic mass is 10.0. The van der Waals surface area contributed by atoms with Crippen LogP contribution in [-0.2, 0) is 4.79 Å². The summed E-state index contributed by atoms with van der Waals surface area (Å²) >= 11 is 0. The minimum atomic E-state index is -0.150. The van der Waals surface area contributed by atoms with E-state index >= 15 is 0 Å². The van der Waals surface area contributed by atoms with Crippen molar-refractivity contribution < 1.29 is 4.79 Å². The Balaban J connectivity index is 1.81. The molecule has 2 aliphatic heterocycles. The van der Waals surface area contributed by atoms with Crippen molar-refractivity contribution >= 4 is 5.91 Å². The molecule has 1 amide bonds. The third kappa shape index (κ3) is 3.65. The Bertz CT molecular complexity index is 465. The van der Waals surface area contributed by atoms with Crippen molar-refractivity contribution in [1.82, 2.24) is 20.1 Å². The van der Waals surface area contributed by atoms with Crippen LogP contribution in [0.3, 0.4) is 0 Å².